The van der Waals surface area contributed by atoms with Gasteiger partial charge in [0.15, 0.2) is 0 Å². The van der Waals surface area contributed by atoms with Crippen molar-refractivity contribution in [3.63, 3.8) is 0 Å². The number of hydrogen-bond acceptors (Lipinski definition) is 4. The second kappa shape index (κ2) is 8.75. The predicted molar refractivity (Wildman–Crippen MR) is 80.9 cm³/mol. The van der Waals surface area contributed by atoms with E-state index in [1.807, 2.05) is 13.8 Å². The molecule has 1 unspecified atom stereocenters. The molecule has 0 spiro atoms. The number of methoxy groups -OCH3 is 1. The molecule has 5 heteroatoms. The maximum Gasteiger partial charge on any atom is 0.252 e. The molecule has 1 rings (SSSR count). The summed E-state index contributed by atoms with van der Waals surface area (Å²) in [4.78, 5) is 13.0. The van der Waals surface area contributed by atoms with E-state index in [0.29, 0.717) is 24.5 Å². The number of ether oxygens (including phenoxy) is 1. The molecule has 0 aliphatic heterocycles. The first-order chi connectivity index (χ1) is 9.58. The summed E-state index contributed by atoms with van der Waals surface area (Å²) >= 11 is 1.43. The van der Waals surface area contributed by atoms with Gasteiger partial charge in [0, 0.05) is 18.9 Å². The maximum absolute atomic E-state index is 12.1. The fourth-order valence-electron chi connectivity index (χ4n) is 1.56. The molecule has 1 atom stereocenters. The Kier molecular flexibility index (Phi) is 7.31. The number of aliphatic hydroxyl groups is 1. The van der Waals surface area contributed by atoms with Gasteiger partial charge in [0.2, 0.25) is 0 Å². The first-order valence-electron chi connectivity index (χ1n) is 6.56. The third-order valence-corrected chi connectivity index (χ3v) is 3.62. The third kappa shape index (κ3) is 5.33. The van der Waals surface area contributed by atoms with Gasteiger partial charge in [-0.3, -0.25) is 4.79 Å². The van der Waals surface area contributed by atoms with E-state index in [1.54, 1.807) is 18.6 Å². The quantitative estimate of drug-likeness (QED) is 0.788. The molecule has 0 bridgehead atoms. The van der Waals surface area contributed by atoms with E-state index in [9.17, 15) is 4.79 Å². The largest absolute Gasteiger partial charge is 0.395 e. The molecule has 0 aliphatic rings. The lowest BCUT2D eigenvalue weighted by atomic mass is 10.1. The molecule has 1 amide bonds. The summed E-state index contributed by atoms with van der Waals surface area (Å²) in [5, 5.41) is 13.4. The Bertz CT molecular complexity index is 485. The van der Waals surface area contributed by atoms with E-state index in [1.165, 1.54) is 11.3 Å². The number of aliphatic hydroxyl groups excluding tert-OH is 1. The van der Waals surface area contributed by atoms with E-state index in [2.05, 4.69) is 17.2 Å². The number of nitrogens with one attached hydrogen (secondary N) is 1. The van der Waals surface area contributed by atoms with Gasteiger partial charge in [-0.05, 0) is 12.0 Å². The van der Waals surface area contributed by atoms with Crippen LogP contribution in [-0.4, -0.2) is 37.4 Å². The van der Waals surface area contributed by atoms with Crippen molar-refractivity contribution < 1.29 is 14.6 Å². The van der Waals surface area contributed by atoms with Gasteiger partial charge in [-0.2, -0.15) is 0 Å². The van der Waals surface area contributed by atoms with Crippen LogP contribution >= 0.6 is 11.3 Å². The van der Waals surface area contributed by atoms with Crippen LogP contribution in [0, 0.1) is 17.8 Å². The fraction of sp³-hybridized carbons (Fsp3) is 0.533. The second-order valence-electron chi connectivity index (χ2n) is 4.75. The summed E-state index contributed by atoms with van der Waals surface area (Å²) in [6.07, 6.45) is 0.447. The number of hydrogen-bond donors (Lipinski definition) is 2. The minimum Gasteiger partial charge on any atom is -0.395 e. The highest BCUT2D eigenvalue weighted by molar-refractivity contribution is 7.10. The molecule has 0 saturated heterocycles. The van der Waals surface area contributed by atoms with Crippen LogP contribution in [0.4, 0.5) is 0 Å². The summed E-state index contributed by atoms with van der Waals surface area (Å²) in [5.41, 5.74) is 0.616. The van der Waals surface area contributed by atoms with Gasteiger partial charge in [0.25, 0.3) is 5.91 Å². The smallest absolute Gasteiger partial charge is 0.252 e. The molecule has 2 N–H and O–H groups in total. The van der Waals surface area contributed by atoms with Gasteiger partial charge in [-0.1, -0.05) is 25.7 Å². The van der Waals surface area contributed by atoms with Crippen molar-refractivity contribution in [3.8, 4) is 11.8 Å². The van der Waals surface area contributed by atoms with E-state index in [4.69, 9.17) is 9.84 Å². The van der Waals surface area contributed by atoms with E-state index >= 15 is 0 Å². The van der Waals surface area contributed by atoms with Crippen LogP contribution in [0.1, 0.15) is 35.5 Å². The summed E-state index contributed by atoms with van der Waals surface area (Å²) in [6.45, 7) is 4.64. The lowest BCUT2D eigenvalue weighted by molar-refractivity contribution is 0.0867. The van der Waals surface area contributed by atoms with Crippen molar-refractivity contribution >= 4 is 17.2 Å². The number of amides is 1. The summed E-state index contributed by atoms with van der Waals surface area (Å²) in [7, 11) is 1.63. The minimum atomic E-state index is -0.104. The van der Waals surface area contributed by atoms with Crippen molar-refractivity contribution in [2.45, 2.75) is 26.3 Å². The summed E-state index contributed by atoms with van der Waals surface area (Å²) in [5.74, 6) is 5.97. The SMILES string of the molecule is COCC(NC(=O)c1csc(C#CCCO)c1)C(C)C. The Morgan fingerprint density at radius 1 is 1.55 bits per heavy atom. The van der Waals surface area contributed by atoms with Gasteiger partial charge >= 0.3 is 0 Å². The minimum absolute atomic E-state index is 0.00340. The van der Waals surface area contributed by atoms with Crippen LogP contribution in [0.25, 0.3) is 0 Å². The van der Waals surface area contributed by atoms with Crippen molar-refractivity contribution in [1.29, 1.82) is 0 Å². The van der Waals surface area contributed by atoms with Gasteiger partial charge in [-0.25, -0.2) is 0 Å². The molecule has 1 aromatic rings. The van der Waals surface area contributed by atoms with Crippen LogP contribution in [0.3, 0.4) is 0 Å². The Morgan fingerprint density at radius 3 is 2.90 bits per heavy atom. The zero-order chi connectivity index (χ0) is 15.0. The van der Waals surface area contributed by atoms with Gasteiger partial charge in [-0.15, -0.1) is 11.3 Å². The zero-order valence-corrected chi connectivity index (χ0v) is 12.9. The van der Waals surface area contributed by atoms with Crippen molar-refractivity contribution in [1.82, 2.24) is 5.32 Å². The molecule has 0 aliphatic carbocycles. The Balaban J connectivity index is 2.66. The van der Waals surface area contributed by atoms with Crippen LogP contribution in [0.2, 0.25) is 0 Å². The van der Waals surface area contributed by atoms with Crippen LogP contribution < -0.4 is 5.32 Å². The summed E-state index contributed by atoms with van der Waals surface area (Å²) in [6, 6.07) is 1.77. The van der Waals surface area contributed by atoms with Gasteiger partial charge < -0.3 is 15.2 Å². The van der Waals surface area contributed by atoms with Crippen LogP contribution in [0.5, 0.6) is 0 Å². The van der Waals surface area contributed by atoms with Crippen molar-refractivity contribution in [3.05, 3.63) is 21.9 Å². The topological polar surface area (TPSA) is 58.6 Å². The highest BCUT2D eigenvalue weighted by Gasteiger charge is 2.17. The second-order valence-corrected chi connectivity index (χ2v) is 5.67. The first kappa shape index (κ1) is 16.7. The zero-order valence-electron chi connectivity index (χ0n) is 12.1. The number of thiophene rings is 1. The van der Waals surface area contributed by atoms with Crippen molar-refractivity contribution in [2.24, 2.45) is 5.92 Å². The Morgan fingerprint density at radius 2 is 2.30 bits per heavy atom. The third-order valence-electron chi connectivity index (χ3n) is 2.78. The molecule has 0 aromatic carbocycles. The Labute approximate surface area is 124 Å². The molecule has 1 aromatic heterocycles. The molecule has 4 nitrogen and oxygen atoms in total. The van der Waals surface area contributed by atoms with Crippen LogP contribution in [0.15, 0.2) is 11.4 Å². The molecule has 0 radical (unpaired) electrons. The van der Waals surface area contributed by atoms with E-state index in [0.717, 1.165) is 4.88 Å². The lowest BCUT2D eigenvalue weighted by Gasteiger charge is -2.21. The molecule has 20 heavy (non-hydrogen) atoms. The van der Waals surface area contributed by atoms with Crippen LogP contribution in [-0.2, 0) is 4.74 Å². The lowest BCUT2D eigenvalue weighted by Crippen LogP contribution is -2.41. The maximum atomic E-state index is 12.1. The number of rotatable bonds is 6. The highest BCUT2D eigenvalue weighted by atomic mass is 32.1. The standard InChI is InChI=1S/C15H21NO3S/c1-11(2)14(9-19-3)16-15(18)12-8-13(20-10-12)6-4-5-7-17/h8,10-11,14,17H,5,7,9H2,1-3H3,(H,16,18). The van der Waals surface area contributed by atoms with E-state index in [-0.39, 0.29) is 18.6 Å². The van der Waals surface area contributed by atoms with Gasteiger partial charge in [0.1, 0.15) is 0 Å². The van der Waals surface area contributed by atoms with Crippen molar-refractivity contribution in [2.75, 3.05) is 20.3 Å². The molecule has 0 saturated carbocycles. The summed E-state index contributed by atoms with van der Waals surface area (Å²) < 4.78 is 5.11. The fourth-order valence-corrected chi connectivity index (χ4v) is 2.31. The first-order valence-corrected chi connectivity index (χ1v) is 7.44. The molecule has 1 heterocycles. The highest BCUT2D eigenvalue weighted by Crippen LogP contribution is 2.14. The molecular formula is C15H21NO3S. The monoisotopic (exact) mass is 295 g/mol. The van der Waals surface area contributed by atoms with E-state index < -0.39 is 0 Å². The number of carbonyl (C=O) groups is 1. The molecular weight excluding hydrogens is 274 g/mol. The average molecular weight is 295 g/mol. The Hall–Kier alpha value is -1.35. The number of carbonyl (C=O) groups excluding carboxylic acids is 1. The molecule has 0 fully saturated rings. The average Bonchev–Trinajstić information content (AvgIpc) is 2.87. The molecule has 110 valence electrons. The normalized spacial score (nSPS) is 11.8. The van der Waals surface area contributed by atoms with Gasteiger partial charge in [0.05, 0.1) is 29.7 Å². The predicted octanol–water partition coefficient (Wildman–Crippen LogP) is 1.88.